The van der Waals surface area contributed by atoms with Crippen LogP contribution in [0.25, 0.3) is 0 Å². The summed E-state index contributed by atoms with van der Waals surface area (Å²) < 4.78 is 11.9. The molecule has 1 saturated carbocycles. The Kier molecular flexibility index (Phi) is 6.96. The third-order valence-electron chi connectivity index (χ3n) is 4.62. The molecular formula is C15H30IN3OS. The van der Waals surface area contributed by atoms with Gasteiger partial charge in [-0.05, 0) is 45.4 Å². The van der Waals surface area contributed by atoms with Crippen molar-refractivity contribution in [2.24, 2.45) is 10.4 Å². The summed E-state index contributed by atoms with van der Waals surface area (Å²) >= 11 is 0. The summed E-state index contributed by atoms with van der Waals surface area (Å²) in [7, 11) is 1.04. The van der Waals surface area contributed by atoms with Gasteiger partial charge in [0.2, 0.25) is 0 Å². The zero-order valence-electron chi connectivity index (χ0n) is 13.8. The lowest BCUT2D eigenvalue weighted by molar-refractivity contribution is 0.151. The molecule has 1 saturated heterocycles. The molecule has 2 rings (SSSR count). The largest absolute Gasteiger partial charge is 0.355 e. The number of guanidine groups is 1. The van der Waals surface area contributed by atoms with Crippen LogP contribution in [0.3, 0.4) is 0 Å². The normalized spacial score (nSPS) is 22.7. The average molecular weight is 427 g/mol. The molecule has 124 valence electrons. The van der Waals surface area contributed by atoms with Gasteiger partial charge in [-0.15, -0.1) is 24.0 Å². The molecule has 21 heavy (non-hydrogen) atoms. The first-order valence-corrected chi connectivity index (χ1v) is 9.02. The van der Waals surface area contributed by atoms with E-state index in [1.54, 1.807) is 0 Å². The molecular weight excluding hydrogens is 397 g/mol. The Morgan fingerprint density at radius 1 is 1.33 bits per heavy atom. The highest BCUT2D eigenvalue weighted by Crippen LogP contribution is 2.47. The van der Waals surface area contributed by atoms with Gasteiger partial charge < -0.3 is 10.2 Å². The van der Waals surface area contributed by atoms with Crippen LogP contribution in [0.1, 0.15) is 46.5 Å². The predicted octanol–water partition coefficient (Wildman–Crippen LogP) is 2.60. The fraction of sp³-hybridized carbons (Fsp3) is 0.933. The Morgan fingerprint density at radius 2 is 2.00 bits per heavy atom. The van der Waals surface area contributed by atoms with Crippen molar-refractivity contribution in [1.29, 1.82) is 0 Å². The highest BCUT2D eigenvalue weighted by atomic mass is 127. The molecule has 1 aliphatic carbocycles. The van der Waals surface area contributed by atoms with Crippen molar-refractivity contribution < 1.29 is 4.21 Å². The van der Waals surface area contributed by atoms with E-state index < -0.39 is 10.8 Å². The van der Waals surface area contributed by atoms with Crippen LogP contribution in [0, 0.1) is 5.41 Å². The fourth-order valence-electron chi connectivity index (χ4n) is 3.09. The van der Waals surface area contributed by atoms with Crippen LogP contribution in [0.15, 0.2) is 4.99 Å². The summed E-state index contributed by atoms with van der Waals surface area (Å²) in [5, 5.41) is 3.38. The fourth-order valence-corrected chi connectivity index (χ4v) is 3.99. The van der Waals surface area contributed by atoms with Crippen molar-refractivity contribution in [3.8, 4) is 0 Å². The predicted molar refractivity (Wildman–Crippen MR) is 102 cm³/mol. The lowest BCUT2D eigenvalue weighted by Crippen LogP contribution is -2.44. The van der Waals surface area contributed by atoms with Crippen LogP contribution in [0.5, 0.6) is 0 Å². The van der Waals surface area contributed by atoms with Gasteiger partial charge in [0.15, 0.2) is 5.96 Å². The zero-order chi connectivity index (χ0) is 14.8. The number of halogens is 1. The van der Waals surface area contributed by atoms with Crippen LogP contribution < -0.4 is 5.32 Å². The number of hydrogen-bond acceptors (Lipinski definition) is 2. The van der Waals surface area contributed by atoms with Gasteiger partial charge in [0, 0.05) is 48.0 Å². The monoisotopic (exact) mass is 427 g/mol. The maximum absolute atomic E-state index is 12.0. The van der Waals surface area contributed by atoms with Gasteiger partial charge in [-0.3, -0.25) is 9.20 Å². The van der Waals surface area contributed by atoms with Gasteiger partial charge >= 0.3 is 0 Å². The summed E-state index contributed by atoms with van der Waals surface area (Å²) in [5.41, 5.74) is 0.589. The molecule has 0 bridgehead atoms. The third-order valence-corrected chi connectivity index (χ3v) is 6.56. The van der Waals surface area contributed by atoms with Crippen LogP contribution in [0.2, 0.25) is 0 Å². The van der Waals surface area contributed by atoms with E-state index in [9.17, 15) is 4.21 Å². The number of nitrogens with one attached hydrogen (secondary N) is 1. The van der Waals surface area contributed by atoms with E-state index in [-0.39, 0.29) is 28.7 Å². The average Bonchev–Trinajstić information content (AvgIpc) is 2.78. The Hall–Kier alpha value is 0.150. The second kappa shape index (κ2) is 7.62. The van der Waals surface area contributed by atoms with Gasteiger partial charge in [0.1, 0.15) is 0 Å². The van der Waals surface area contributed by atoms with E-state index in [0.29, 0.717) is 11.2 Å². The van der Waals surface area contributed by atoms with Crippen LogP contribution in [-0.4, -0.2) is 52.3 Å². The van der Waals surface area contributed by atoms with E-state index >= 15 is 0 Å². The quantitative estimate of drug-likeness (QED) is 0.428. The Bertz CT molecular complexity index is 402. The number of nitrogens with zero attached hydrogens (tertiary/aromatic N) is 2. The van der Waals surface area contributed by atoms with Crippen molar-refractivity contribution >= 4 is 40.7 Å². The zero-order valence-corrected chi connectivity index (χ0v) is 16.9. The molecule has 0 radical (unpaired) electrons. The molecule has 2 fully saturated rings. The van der Waals surface area contributed by atoms with Crippen molar-refractivity contribution in [3.05, 3.63) is 0 Å². The maximum Gasteiger partial charge on any atom is 0.193 e. The van der Waals surface area contributed by atoms with Gasteiger partial charge in [0.05, 0.1) is 0 Å². The highest BCUT2D eigenvalue weighted by Gasteiger charge is 2.43. The molecule has 0 amide bonds. The topological polar surface area (TPSA) is 44.7 Å². The smallest absolute Gasteiger partial charge is 0.193 e. The molecule has 4 nitrogen and oxygen atoms in total. The third kappa shape index (κ3) is 4.81. The first-order chi connectivity index (χ1) is 9.36. The van der Waals surface area contributed by atoms with Gasteiger partial charge in [0.25, 0.3) is 0 Å². The first-order valence-electron chi connectivity index (χ1n) is 7.70. The molecule has 0 aromatic heterocycles. The standard InChI is InChI=1S/C15H29N3OS.HI/c1-14(2,3)20(19)11-9-17-13(16-4)18-10-8-15(12-18)6-5-7-15;/h5-12H2,1-4H3,(H,16,17);1H. The van der Waals surface area contributed by atoms with Crippen molar-refractivity contribution in [2.45, 2.75) is 51.2 Å². The number of rotatable bonds is 3. The molecule has 1 unspecified atom stereocenters. The van der Waals surface area contributed by atoms with E-state index in [0.717, 1.165) is 25.6 Å². The summed E-state index contributed by atoms with van der Waals surface area (Å²) in [6.07, 6.45) is 5.47. The molecule has 2 aliphatic rings. The van der Waals surface area contributed by atoms with Gasteiger partial charge in [-0.2, -0.15) is 0 Å². The maximum atomic E-state index is 12.0. The molecule has 1 N–H and O–H groups in total. The number of aliphatic imine (C=N–C) groups is 1. The van der Waals surface area contributed by atoms with E-state index in [1.165, 1.54) is 25.7 Å². The Morgan fingerprint density at radius 3 is 2.43 bits per heavy atom. The lowest BCUT2D eigenvalue weighted by atomic mass is 9.68. The molecule has 0 aromatic carbocycles. The minimum absolute atomic E-state index is 0. The second-order valence-corrected chi connectivity index (χ2v) is 9.49. The summed E-state index contributed by atoms with van der Waals surface area (Å²) in [6, 6.07) is 0. The second-order valence-electron chi connectivity index (χ2n) is 7.16. The molecule has 1 spiro atoms. The van der Waals surface area contributed by atoms with Crippen molar-refractivity contribution in [2.75, 3.05) is 32.4 Å². The summed E-state index contributed by atoms with van der Waals surface area (Å²) in [6.45, 7) is 9.08. The number of hydrogen-bond donors (Lipinski definition) is 1. The molecule has 1 heterocycles. The number of likely N-dealkylation sites (tertiary alicyclic amines) is 1. The van der Waals surface area contributed by atoms with Crippen molar-refractivity contribution in [1.82, 2.24) is 10.2 Å². The van der Waals surface area contributed by atoms with Crippen LogP contribution in [-0.2, 0) is 10.8 Å². The summed E-state index contributed by atoms with van der Waals surface area (Å²) in [5.74, 6) is 1.67. The summed E-state index contributed by atoms with van der Waals surface area (Å²) in [4.78, 5) is 6.76. The van der Waals surface area contributed by atoms with E-state index in [4.69, 9.17) is 0 Å². The highest BCUT2D eigenvalue weighted by molar-refractivity contribution is 14.0. The SMILES string of the molecule is CN=C(NCCS(=O)C(C)(C)C)N1CCC2(CCC2)C1.I. The Labute approximate surface area is 149 Å². The van der Waals surface area contributed by atoms with Crippen LogP contribution >= 0.6 is 24.0 Å². The van der Waals surface area contributed by atoms with Crippen molar-refractivity contribution in [3.63, 3.8) is 0 Å². The van der Waals surface area contributed by atoms with Gasteiger partial charge in [-0.25, -0.2) is 0 Å². The molecule has 6 heteroatoms. The minimum atomic E-state index is -0.799. The molecule has 1 atom stereocenters. The van der Waals surface area contributed by atoms with E-state index in [2.05, 4.69) is 15.2 Å². The van der Waals surface area contributed by atoms with Gasteiger partial charge in [-0.1, -0.05) is 6.42 Å². The van der Waals surface area contributed by atoms with E-state index in [1.807, 2.05) is 27.8 Å². The molecule has 0 aromatic rings. The van der Waals surface area contributed by atoms with Crippen LogP contribution in [0.4, 0.5) is 0 Å². The molecule has 1 aliphatic heterocycles. The first kappa shape index (κ1) is 19.2. The minimum Gasteiger partial charge on any atom is -0.355 e. The lowest BCUT2D eigenvalue weighted by Gasteiger charge is -2.38. The Balaban J connectivity index is 0.00000220.